The standard InChI is InChI=1S/C14H19N3O2S.ClH/c1-9-7-11(10(2)19-9)12-8-20-14(16-12)17-13(18)5-4-6-15-3;/h7-8,15H,4-6H2,1-3H3,(H,16,17,18);1H. The molecule has 116 valence electrons. The summed E-state index contributed by atoms with van der Waals surface area (Å²) in [6, 6.07) is 1.96. The van der Waals surface area contributed by atoms with Crippen LogP contribution >= 0.6 is 23.7 Å². The minimum atomic E-state index is 0. The van der Waals surface area contributed by atoms with Gasteiger partial charge in [-0.1, -0.05) is 0 Å². The van der Waals surface area contributed by atoms with Crippen molar-refractivity contribution in [2.45, 2.75) is 26.7 Å². The maximum absolute atomic E-state index is 11.7. The number of nitrogens with one attached hydrogen (secondary N) is 2. The van der Waals surface area contributed by atoms with E-state index in [0.29, 0.717) is 11.6 Å². The van der Waals surface area contributed by atoms with E-state index >= 15 is 0 Å². The Morgan fingerprint density at radius 1 is 1.43 bits per heavy atom. The first-order valence-electron chi connectivity index (χ1n) is 6.57. The second-order valence-electron chi connectivity index (χ2n) is 4.62. The van der Waals surface area contributed by atoms with E-state index in [1.54, 1.807) is 0 Å². The lowest BCUT2D eigenvalue weighted by Gasteiger charge is -2.01. The van der Waals surface area contributed by atoms with Gasteiger partial charge in [0, 0.05) is 17.4 Å². The number of anilines is 1. The molecule has 2 aromatic rings. The lowest BCUT2D eigenvalue weighted by Crippen LogP contribution is -2.15. The molecule has 2 rings (SSSR count). The number of hydrogen-bond acceptors (Lipinski definition) is 5. The molecular weight excluding hydrogens is 310 g/mol. The third kappa shape index (κ3) is 4.84. The number of halogens is 1. The van der Waals surface area contributed by atoms with E-state index in [4.69, 9.17) is 4.42 Å². The lowest BCUT2D eigenvalue weighted by atomic mass is 10.2. The Hall–Kier alpha value is -1.37. The largest absolute Gasteiger partial charge is 0.466 e. The number of rotatable bonds is 6. The van der Waals surface area contributed by atoms with Crippen LogP contribution in [0.15, 0.2) is 15.9 Å². The van der Waals surface area contributed by atoms with Gasteiger partial charge < -0.3 is 15.1 Å². The summed E-state index contributed by atoms with van der Waals surface area (Å²) in [4.78, 5) is 16.1. The molecule has 21 heavy (non-hydrogen) atoms. The number of carbonyl (C=O) groups excluding carboxylic acids is 1. The summed E-state index contributed by atoms with van der Waals surface area (Å²) in [6.45, 7) is 4.66. The molecule has 0 aliphatic rings. The first-order valence-corrected chi connectivity index (χ1v) is 7.45. The zero-order chi connectivity index (χ0) is 14.5. The van der Waals surface area contributed by atoms with E-state index in [1.807, 2.05) is 32.3 Å². The minimum Gasteiger partial charge on any atom is -0.466 e. The van der Waals surface area contributed by atoms with E-state index < -0.39 is 0 Å². The summed E-state index contributed by atoms with van der Waals surface area (Å²) in [7, 11) is 1.88. The molecule has 7 heteroatoms. The molecular formula is C14H20ClN3O2S. The average Bonchev–Trinajstić information content (AvgIpc) is 2.96. The summed E-state index contributed by atoms with van der Waals surface area (Å²) in [5.74, 6) is 1.71. The number of amides is 1. The van der Waals surface area contributed by atoms with E-state index in [9.17, 15) is 4.79 Å². The van der Waals surface area contributed by atoms with Crippen LogP contribution in [0.5, 0.6) is 0 Å². The molecule has 0 spiro atoms. The van der Waals surface area contributed by atoms with Crippen molar-refractivity contribution in [1.82, 2.24) is 10.3 Å². The van der Waals surface area contributed by atoms with Gasteiger partial charge in [0.15, 0.2) is 5.13 Å². The molecule has 0 aliphatic heterocycles. The van der Waals surface area contributed by atoms with E-state index in [1.165, 1.54) is 11.3 Å². The monoisotopic (exact) mass is 329 g/mol. The Labute approximate surface area is 134 Å². The predicted molar refractivity (Wildman–Crippen MR) is 88.3 cm³/mol. The van der Waals surface area contributed by atoms with Crippen LogP contribution in [0.4, 0.5) is 5.13 Å². The maximum Gasteiger partial charge on any atom is 0.226 e. The summed E-state index contributed by atoms with van der Waals surface area (Å²) < 4.78 is 5.50. The Morgan fingerprint density at radius 3 is 2.81 bits per heavy atom. The highest BCUT2D eigenvalue weighted by Gasteiger charge is 2.12. The van der Waals surface area contributed by atoms with E-state index in [-0.39, 0.29) is 18.3 Å². The molecule has 0 fully saturated rings. The van der Waals surface area contributed by atoms with Crippen molar-refractivity contribution in [3.05, 3.63) is 23.0 Å². The van der Waals surface area contributed by atoms with Crippen LogP contribution in [0.1, 0.15) is 24.4 Å². The van der Waals surface area contributed by atoms with Crippen LogP contribution in [0.25, 0.3) is 11.3 Å². The second kappa shape index (κ2) is 8.17. The molecule has 0 saturated heterocycles. The summed E-state index contributed by atoms with van der Waals surface area (Å²) in [5.41, 5.74) is 1.82. The number of aryl methyl sites for hydroxylation is 2. The molecule has 1 amide bonds. The molecule has 0 atom stereocenters. The van der Waals surface area contributed by atoms with Crippen LogP contribution in [-0.2, 0) is 4.79 Å². The smallest absolute Gasteiger partial charge is 0.226 e. The summed E-state index contributed by atoms with van der Waals surface area (Å²) in [5, 5.41) is 8.41. The minimum absolute atomic E-state index is 0. The molecule has 0 aliphatic carbocycles. The third-order valence-corrected chi connectivity index (χ3v) is 3.66. The fourth-order valence-corrected chi connectivity index (χ4v) is 2.67. The predicted octanol–water partition coefficient (Wildman–Crippen LogP) is 3.38. The number of nitrogens with zero attached hydrogens (tertiary/aromatic N) is 1. The van der Waals surface area contributed by atoms with Gasteiger partial charge in [-0.25, -0.2) is 4.98 Å². The van der Waals surface area contributed by atoms with Crippen molar-refractivity contribution in [1.29, 1.82) is 0 Å². The Balaban J connectivity index is 0.00000220. The van der Waals surface area contributed by atoms with Gasteiger partial charge in [-0.2, -0.15) is 0 Å². The van der Waals surface area contributed by atoms with Crippen molar-refractivity contribution >= 4 is 34.8 Å². The molecule has 2 N–H and O–H groups in total. The lowest BCUT2D eigenvalue weighted by molar-refractivity contribution is -0.116. The second-order valence-corrected chi connectivity index (χ2v) is 5.48. The Morgan fingerprint density at radius 2 is 2.19 bits per heavy atom. The number of carbonyl (C=O) groups is 1. The highest BCUT2D eigenvalue weighted by molar-refractivity contribution is 7.14. The number of hydrogen-bond donors (Lipinski definition) is 2. The molecule has 0 unspecified atom stereocenters. The highest BCUT2D eigenvalue weighted by Crippen LogP contribution is 2.29. The van der Waals surface area contributed by atoms with Crippen LogP contribution < -0.4 is 10.6 Å². The first-order chi connectivity index (χ1) is 9.60. The Kier molecular flexibility index (Phi) is 6.87. The zero-order valence-electron chi connectivity index (χ0n) is 12.4. The molecule has 0 saturated carbocycles. The van der Waals surface area contributed by atoms with Gasteiger partial charge in [-0.05, 0) is 39.9 Å². The summed E-state index contributed by atoms with van der Waals surface area (Å²) in [6.07, 6.45) is 1.32. The molecule has 2 heterocycles. The van der Waals surface area contributed by atoms with Crippen LogP contribution in [0, 0.1) is 13.8 Å². The SMILES string of the molecule is CNCCCC(=O)Nc1nc(-c2cc(C)oc2C)cs1.Cl. The molecule has 2 aromatic heterocycles. The molecule has 0 radical (unpaired) electrons. The van der Waals surface area contributed by atoms with Gasteiger partial charge in [0.2, 0.25) is 5.91 Å². The van der Waals surface area contributed by atoms with E-state index in [0.717, 1.165) is 35.7 Å². The van der Waals surface area contributed by atoms with Crippen molar-refractivity contribution in [3.63, 3.8) is 0 Å². The van der Waals surface area contributed by atoms with Crippen molar-refractivity contribution in [2.75, 3.05) is 18.9 Å². The fraction of sp³-hybridized carbons (Fsp3) is 0.429. The zero-order valence-corrected chi connectivity index (χ0v) is 14.0. The van der Waals surface area contributed by atoms with Gasteiger partial charge >= 0.3 is 0 Å². The average molecular weight is 330 g/mol. The third-order valence-electron chi connectivity index (χ3n) is 2.90. The normalized spacial score (nSPS) is 10.2. The van der Waals surface area contributed by atoms with E-state index in [2.05, 4.69) is 15.6 Å². The van der Waals surface area contributed by atoms with Crippen molar-refractivity contribution in [3.8, 4) is 11.3 Å². The van der Waals surface area contributed by atoms with Gasteiger partial charge in [0.25, 0.3) is 0 Å². The van der Waals surface area contributed by atoms with Crippen molar-refractivity contribution < 1.29 is 9.21 Å². The number of furan rings is 1. The summed E-state index contributed by atoms with van der Waals surface area (Å²) >= 11 is 1.43. The van der Waals surface area contributed by atoms with Gasteiger partial charge in [-0.15, -0.1) is 23.7 Å². The Bertz CT molecular complexity index is 595. The topological polar surface area (TPSA) is 67.2 Å². The highest BCUT2D eigenvalue weighted by atomic mass is 35.5. The number of thiazole rings is 1. The molecule has 5 nitrogen and oxygen atoms in total. The van der Waals surface area contributed by atoms with Crippen LogP contribution in [0.2, 0.25) is 0 Å². The van der Waals surface area contributed by atoms with Gasteiger partial charge in [0.05, 0.1) is 5.69 Å². The van der Waals surface area contributed by atoms with Crippen molar-refractivity contribution in [2.24, 2.45) is 0 Å². The van der Waals surface area contributed by atoms with Gasteiger partial charge in [0.1, 0.15) is 11.5 Å². The van der Waals surface area contributed by atoms with Crippen LogP contribution in [-0.4, -0.2) is 24.5 Å². The van der Waals surface area contributed by atoms with Gasteiger partial charge in [-0.3, -0.25) is 4.79 Å². The maximum atomic E-state index is 11.7. The first kappa shape index (κ1) is 17.7. The number of aromatic nitrogens is 1. The molecule has 0 aromatic carbocycles. The fourth-order valence-electron chi connectivity index (χ4n) is 1.95. The van der Waals surface area contributed by atoms with Crippen LogP contribution in [0.3, 0.4) is 0 Å². The molecule has 0 bridgehead atoms. The quantitative estimate of drug-likeness (QED) is 0.797.